The molecule has 0 fully saturated rings. The Morgan fingerprint density at radius 3 is 2.11 bits per heavy atom. The maximum Gasteiger partial charge on any atom is 0.430 e. The highest BCUT2D eigenvalue weighted by molar-refractivity contribution is 5.70. The van der Waals surface area contributed by atoms with Crippen LogP contribution in [0, 0.1) is 5.39 Å². The number of carboxylic acid groups (broad SMARTS) is 1. The monoisotopic (exact) mass is 265 g/mol. The largest absolute Gasteiger partial charge is 0.542 e. The second-order valence-electron chi connectivity index (χ2n) is 2.94. The van der Waals surface area contributed by atoms with Crippen LogP contribution in [-0.4, -0.2) is 26.2 Å². The van der Waals surface area contributed by atoms with E-state index in [4.69, 9.17) is 18.0 Å². The standard InChI is InChI=1S/C8H10N3.C2HF3O2/c1-11(2)8-5-3-7(10-9)4-6-8;3-2(4,5)1(6)7/h3-6H,1-2H3;(H,6,7)/q+1;/p-1/i1T,2T;. The van der Waals surface area contributed by atoms with Gasteiger partial charge in [0.1, 0.15) is 5.97 Å². The molecule has 0 aliphatic carbocycles. The minimum Gasteiger partial charge on any atom is -0.542 e. The molecule has 0 aromatic heterocycles. The van der Waals surface area contributed by atoms with E-state index in [0.717, 1.165) is 5.69 Å². The predicted molar refractivity (Wildman–Crippen MR) is 56.6 cm³/mol. The maximum absolute atomic E-state index is 10.5. The third kappa shape index (κ3) is 5.69. The fraction of sp³-hybridized carbons (Fsp3) is 0.300. The summed E-state index contributed by atoms with van der Waals surface area (Å²) in [7, 11) is 0.109. The molecule has 0 saturated heterocycles. The van der Waals surface area contributed by atoms with Crippen molar-refractivity contribution in [2.45, 2.75) is 6.18 Å². The highest BCUT2D eigenvalue weighted by Crippen LogP contribution is 2.17. The Labute approximate surface area is 104 Å². The van der Waals surface area contributed by atoms with Crippen LogP contribution >= 0.6 is 0 Å². The number of carbonyl (C=O) groups excluding carboxylic acids is 1. The highest BCUT2D eigenvalue weighted by atomic mass is 19.4. The number of nitrogens with zero attached hydrogens (tertiary/aromatic N) is 3. The zero-order valence-corrected chi connectivity index (χ0v) is 9.02. The molecule has 8 heteroatoms. The normalized spacial score (nSPS) is 11.2. The predicted octanol–water partition coefficient (Wildman–Crippen LogP) is 1.54. The van der Waals surface area contributed by atoms with E-state index in [-0.39, 0.29) is 14.0 Å². The van der Waals surface area contributed by atoms with E-state index in [1.807, 2.05) is 0 Å². The Morgan fingerprint density at radius 1 is 1.39 bits per heavy atom. The van der Waals surface area contributed by atoms with Gasteiger partial charge in [0.25, 0.3) is 0 Å². The van der Waals surface area contributed by atoms with Crippen molar-refractivity contribution >= 4 is 17.3 Å². The molecule has 0 aliphatic heterocycles. The number of carboxylic acids is 1. The molecular formula is C10H10F3N3O2. The number of carbonyl (C=O) groups is 1. The molecule has 0 bridgehead atoms. The van der Waals surface area contributed by atoms with Crippen LogP contribution < -0.4 is 10.0 Å². The summed E-state index contributed by atoms with van der Waals surface area (Å²) in [4.78, 5) is 13.4. The van der Waals surface area contributed by atoms with E-state index >= 15 is 0 Å². The Balaban J connectivity index is 0.000000441. The molecule has 0 saturated carbocycles. The molecule has 98 valence electrons. The SMILES string of the molecule is O=C([O-])C(F)(F)F.[3H]CN(C[3H])c1ccc([N+]#N)cc1. The van der Waals surface area contributed by atoms with Crippen molar-refractivity contribution in [1.82, 2.24) is 0 Å². The minimum atomic E-state index is -5.19. The molecule has 0 atom stereocenters. The number of benzene rings is 1. The zero-order chi connectivity index (χ0) is 15.8. The summed E-state index contributed by atoms with van der Waals surface area (Å²) in [6, 6.07) is 6.71. The van der Waals surface area contributed by atoms with Gasteiger partial charge in [-0.25, -0.2) is 0 Å². The van der Waals surface area contributed by atoms with Crippen molar-refractivity contribution in [2.75, 3.05) is 18.9 Å². The molecule has 0 unspecified atom stereocenters. The van der Waals surface area contributed by atoms with Crippen LogP contribution in [-0.2, 0) is 4.79 Å². The lowest BCUT2D eigenvalue weighted by atomic mass is 10.3. The third-order valence-corrected chi connectivity index (χ3v) is 1.56. The molecule has 0 N–H and O–H groups in total. The number of halogens is 3. The van der Waals surface area contributed by atoms with Gasteiger partial charge < -0.3 is 14.8 Å². The lowest BCUT2D eigenvalue weighted by molar-refractivity contribution is -0.344. The molecular weight excluding hydrogens is 251 g/mol. The summed E-state index contributed by atoms with van der Waals surface area (Å²) in [6.07, 6.45) is -5.19. The number of rotatable bonds is 1. The van der Waals surface area contributed by atoms with Crippen molar-refractivity contribution in [3.8, 4) is 0 Å². The summed E-state index contributed by atoms with van der Waals surface area (Å²) < 4.78 is 45.8. The van der Waals surface area contributed by atoms with E-state index < -0.39 is 12.1 Å². The molecule has 0 spiro atoms. The molecule has 0 aliphatic rings. The number of hydrogen-bond acceptors (Lipinski definition) is 4. The smallest absolute Gasteiger partial charge is 0.430 e. The van der Waals surface area contributed by atoms with Gasteiger partial charge in [0.2, 0.25) is 5.39 Å². The van der Waals surface area contributed by atoms with Gasteiger partial charge in [0.15, 0.2) is 4.98 Å². The molecule has 0 amide bonds. The van der Waals surface area contributed by atoms with Crippen molar-refractivity contribution in [1.29, 1.82) is 5.39 Å². The van der Waals surface area contributed by atoms with E-state index in [1.165, 1.54) is 0 Å². The second kappa shape index (κ2) is 6.44. The van der Waals surface area contributed by atoms with Gasteiger partial charge >= 0.3 is 11.9 Å². The summed E-state index contributed by atoms with van der Waals surface area (Å²) in [6.45, 7) is 0. The average Bonchev–Trinajstić information content (AvgIpc) is 2.40. The summed E-state index contributed by atoms with van der Waals surface area (Å²) in [5, 5.41) is 17.2. The summed E-state index contributed by atoms with van der Waals surface area (Å²) in [5.41, 5.74) is 1.26. The van der Waals surface area contributed by atoms with Crippen molar-refractivity contribution in [2.24, 2.45) is 0 Å². The van der Waals surface area contributed by atoms with Gasteiger partial charge in [-0.05, 0) is 12.1 Å². The van der Waals surface area contributed by atoms with Gasteiger partial charge in [-0.2, -0.15) is 13.2 Å². The number of aliphatic carboxylic acids is 1. The maximum atomic E-state index is 10.5. The third-order valence-electron chi connectivity index (χ3n) is 1.56. The lowest BCUT2D eigenvalue weighted by Gasteiger charge is -2.09. The van der Waals surface area contributed by atoms with E-state index in [0.29, 0.717) is 5.69 Å². The van der Waals surface area contributed by atoms with Crippen LogP contribution in [0.1, 0.15) is 2.74 Å². The van der Waals surface area contributed by atoms with E-state index in [9.17, 15) is 13.2 Å². The number of hydrogen-bond donors (Lipinski definition) is 0. The van der Waals surface area contributed by atoms with Crippen LogP contribution in [0.3, 0.4) is 0 Å². The number of anilines is 1. The summed E-state index contributed by atoms with van der Waals surface area (Å²) >= 11 is 0. The van der Waals surface area contributed by atoms with Crippen molar-refractivity contribution in [3.05, 3.63) is 29.2 Å². The molecule has 1 rings (SSSR count). The molecule has 0 heterocycles. The van der Waals surface area contributed by atoms with Crippen molar-refractivity contribution in [3.63, 3.8) is 0 Å². The Bertz CT molecular complexity index is 470. The molecule has 18 heavy (non-hydrogen) atoms. The zero-order valence-electron chi connectivity index (χ0n) is 11.0. The van der Waals surface area contributed by atoms with Gasteiger partial charge in [-0.1, -0.05) is 0 Å². The molecule has 0 radical (unpaired) electrons. The van der Waals surface area contributed by atoms with Crippen LogP contribution in [0.25, 0.3) is 4.98 Å². The highest BCUT2D eigenvalue weighted by Gasteiger charge is 2.28. The van der Waals surface area contributed by atoms with Crippen LogP contribution in [0.5, 0.6) is 0 Å². The first-order valence-electron chi connectivity index (χ1n) is 5.74. The second-order valence-corrected chi connectivity index (χ2v) is 2.94. The minimum absolute atomic E-state index is 0.0547. The molecule has 1 aromatic carbocycles. The van der Waals surface area contributed by atoms with Gasteiger partial charge in [-0.3, -0.25) is 0 Å². The lowest BCUT2D eigenvalue weighted by Crippen LogP contribution is -2.37. The van der Waals surface area contributed by atoms with Gasteiger partial charge in [0, 0.05) is 34.6 Å². The average molecular weight is 265 g/mol. The first-order chi connectivity index (χ1) is 9.26. The van der Waals surface area contributed by atoms with Crippen LogP contribution in [0.15, 0.2) is 24.3 Å². The van der Waals surface area contributed by atoms with E-state index in [1.54, 1.807) is 29.2 Å². The number of alkyl halides is 3. The van der Waals surface area contributed by atoms with Gasteiger partial charge in [0.05, 0.1) is 0 Å². The first kappa shape index (κ1) is 12.2. The molecule has 5 nitrogen and oxygen atoms in total. The van der Waals surface area contributed by atoms with E-state index in [2.05, 4.69) is 4.98 Å². The quantitative estimate of drug-likeness (QED) is 0.722. The fourth-order valence-electron chi connectivity index (χ4n) is 0.730. The number of diazo groups is 1. The Kier molecular flexibility index (Phi) is 4.35. The topological polar surface area (TPSA) is 71.5 Å². The van der Waals surface area contributed by atoms with Crippen LogP contribution in [0.2, 0.25) is 0 Å². The Morgan fingerprint density at radius 2 is 1.83 bits per heavy atom. The van der Waals surface area contributed by atoms with Crippen LogP contribution in [0.4, 0.5) is 24.5 Å². The Hall–Kier alpha value is -2.30. The fourth-order valence-corrected chi connectivity index (χ4v) is 0.730. The first-order valence-corrected chi connectivity index (χ1v) is 4.33. The van der Waals surface area contributed by atoms with Crippen molar-refractivity contribution < 1.29 is 25.8 Å². The van der Waals surface area contributed by atoms with Gasteiger partial charge in [-0.15, -0.1) is 0 Å². The summed E-state index contributed by atoms with van der Waals surface area (Å²) in [5.74, 6) is -3.01. The molecule has 1 aromatic rings.